The highest BCUT2D eigenvalue weighted by Crippen LogP contribution is 2.26. The minimum Gasteiger partial charge on any atom is -0.336 e. The lowest BCUT2D eigenvalue weighted by Gasteiger charge is -2.33. The van der Waals surface area contributed by atoms with E-state index in [-0.39, 0.29) is 47.3 Å². The maximum absolute atomic E-state index is 12.8. The molecule has 0 radical (unpaired) electrons. The molecule has 1 amide bonds. The van der Waals surface area contributed by atoms with Crippen LogP contribution in [0.2, 0.25) is 0 Å². The van der Waals surface area contributed by atoms with Crippen molar-refractivity contribution < 1.29 is 18.1 Å². The van der Waals surface area contributed by atoms with Crippen LogP contribution in [0.1, 0.15) is 21.6 Å². The molecule has 1 aliphatic heterocycles. The van der Waals surface area contributed by atoms with E-state index in [4.69, 9.17) is 0 Å². The molecular weight excluding hydrogens is 408 g/mol. The number of rotatable bonds is 4. The number of benzene rings is 1. The van der Waals surface area contributed by atoms with Crippen molar-refractivity contribution in [2.45, 2.75) is 18.1 Å². The minimum atomic E-state index is -3.84. The van der Waals surface area contributed by atoms with Gasteiger partial charge in [0.05, 0.1) is 4.92 Å². The number of hydrogen-bond donors (Lipinski definition) is 1. The van der Waals surface area contributed by atoms with Crippen LogP contribution in [0.4, 0.5) is 5.69 Å². The molecule has 150 valence electrons. The molecule has 2 heterocycles. The smallest absolute Gasteiger partial charge is 0.305 e. The molecule has 1 fully saturated rings. The molecule has 0 unspecified atom stereocenters. The lowest BCUT2D eigenvalue weighted by atomic mass is 10.1. The maximum Gasteiger partial charge on any atom is 0.305 e. The summed E-state index contributed by atoms with van der Waals surface area (Å²) in [5, 5.41) is 11.3. The fourth-order valence-electron chi connectivity index (χ4n) is 3.13. The van der Waals surface area contributed by atoms with E-state index in [2.05, 4.69) is 4.98 Å². The number of nitrogens with one attached hydrogen (secondary N) is 1. The van der Waals surface area contributed by atoms with Gasteiger partial charge in [-0.3, -0.25) is 19.7 Å². The zero-order valence-corrected chi connectivity index (χ0v) is 16.8. The quantitative estimate of drug-likeness (QED) is 0.575. The van der Waals surface area contributed by atoms with Gasteiger partial charge in [-0.1, -0.05) is 23.5 Å². The Bertz CT molecular complexity index is 1100. The second-order valence-corrected chi connectivity index (χ2v) is 9.47. The van der Waals surface area contributed by atoms with Crippen LogP contribution in [0.3, 0.4) is 0 Å². The molecule has 1 aromatic heterocycles. The fourth-order valence-corrected chi connectivity index (χ4v) is 5.99. The van der Waals surface area contributed by atoms with Crippen LogP contribution >= 0.6 is 11.3 Å². The molecule has 3 rings (SSSR count). The first-order chi connectivity index (χ1) is 13.1. The lowest BCUT2D eigenvalue weighted by Crippen LogP contribution is -2.50. The van der Waals surface area contributed by atoms with Gasteiger partial charge in [-0.15, -0.1) is 0 Å². The molecule has 1 aliphatic rings. The van der Waals surface area contributed by atoms with E-state index in [1.807, 2.05) is 0 Å². The Labute approximate surface area is 164 Å². The van der Waals surface area contributed by atoms with Crippen LogP contribution in [0.25, 0.3) is 0 Å². The number of amides is 1. The van der Waals surface area contributed by atoms with Crippen molar-refractivity contribution in [2.24, 2.45) is 0 Å². The Morgan fingerprint density at radius 1 is 1.21 bits per heavy atom. The second-order valence-electron chi connectivity index (χ2n) is 6.35. The van der Waals surface area contributed by atoms with E-state index in [9.17, 15) is 28.1 Å². The summed E-state index contributed by atoms with van der Waals surface area (Å²) in [4.78, 5) is 38.3. The molecule has 12 heteroatoms. The standard InChI is InChI=1S/C16H18N4O6S2/c1-10-4-3-5-12(13(10)20(23)24)14(21)18-6-8-19(9-7-18)28(25,26)15-11(2)17-16(22)27-15/h3-5H,6-9H2,1-2H3,(H,17,22). The molecule has 0 bridgehead atoms. The van der Waals surface area contributed by atoms with Crippen LogP contribution in [0.15, 0.2) is 27.2 Å². The van der Waals surface area contributed by atoms with Gasteiger partial charge in [0, 0.05) is 37.4 Å². The van der Waals surface area contributed by atoms with E-state index in [1.165, 1.54) is 22.2 Å². The summed E-state index contributed by atoms with van der Waals surface area (Å²) in [5.74, 6) is -0.505. The fraction of sp³-hybridized carbons (Fsp3) is 0.375. The minimum absolute atomic E-state index is 0.0130. The van der Waals surface area contributed by atoms with E-state index in [0.29, 0.717) is 16.9 Å². The number of carbonyl (C=O) groups excluding carboxylic acids is 1. The Hall–Kier alpha value is -2.57. The molecule has 0 aliphatic carbocycles. The van der Waals surface area contributed by atoms with Crippen molar-refractivity contribution in [3.05, 3.63) is 54.8 Å². The van der Waals surface area contributed by atoms with Crippen molar-refractivity contribution in [1.82, 2.24) is 14.2 Å². The first-order valence-corrected chi connectivity index (χ1v) is 10.6. The highest BCUT2D eigenvalue weighted by molar-refractivity contribution is 7.91. The van der Waals surface area contributed by atoms with E-state index in [1.54, 1.807) is 19.1 Å². The maximum atomic E-state index is 12.8. The third-order valence-electron chi connectivity index (χ3n) is 4.53. The molecule has 2 aromatic rings. The normalized spacial score (nSPS) is 15.6. The van der Waals surface area contributed by atoms with Crippen LogP contribution in [-0.2, 0) is 10.0 Å². The van der Waals surface area contributed by atoms with Gasteiger partial charge in [0.1, 0.15) is 5.56 Å². The van der Waals surface area contributed by atoms with Crippen LogP contribution in [0, 0.1) is 24.0 Å². The lowest BCUT2D eigenvalue weighted by molar-refractivity contribution is -0.385. The molecule has 28 heavy (non-hydrogen) atoms. The molecule has 0 spiro atoms. The topological polar surface area (TPSA) is 134 Å². The number of para-hydroxylation sites is 1. The number of piperazine rings is 1. The first-order valence-electron chi connectivity index (χ1n) is 8.36. The number of sulfonamides is 1. The number of nitro groups is 1. The number of H-pyrrole nitrogens is 1. The molecule has 1 N–H and O–H groups in total. The third kappa shape index (κ3) is 3.57. The van der Waals surface area contributed by atoms with Gasteiger partial charge in [0.15, 0.2) is 4.21 Å². The summed E-state index contributed by atoms with van der Waals surface area (Å²) in [6.45, 7) is 3.35. The van der Waals surface area contributed by atoms with Crippen molar-refractivity contribution >= 4 is 33.0 Å². The van der Waals surface area contributed by atoms with Crippen molar-refractivity contribution in [3.8, 4) is 0 Å². The number of thiazole rings is 1. The van der Waals surface area contributed by atoms with Crippen molar-refractivity contribution in [1.29, 1.82) is 0 Å². The zero-order valence-electron chi connectivity index (χ0n) is 15.2. The molecule has 10 nitrogen and oxygen atoms in total. The van der Waals surface area contributed by atoms with E-state index in [0.717, 1.165) is 0 Å². The number of nitrogens with zero attached hydrogens (tertiary/aromatic N) is 3. The molecular formula is C16H18N4O6S2. The number of hydrogen-bond acceptors (Lipinski definition) is 7. The van der Waals surface area contributed by atoms with Gasteiger partial charge in [-0.2, -0.15) is 4.31 Å². The summed E-state index contributed by atoms with van der Waals surface area (Å²) in [7, 11) is -3.84. The second kappa shape index (κ2) is 7.45. The summed E-state index contributed by atoms with van der Waals surface area (Å²) in [5.41, 5.74) is 0.412. The van der Waals surface area contributed by atoms with Gasteiger partial charge in [0.25, 0.3) is 21.6 Å². The number of nitro benzene ring substituents is 1. The number of aromatic nitrogens is 1. The van der Waals surface area contributed by atoms with Crippen LogP contribution < -0.4 is 4.87 Å². The molecule has 1 saturated heterocycles. The predicted octanol–water partition coefficient (Wildman–Crippen LogP) is 1.11. The summed E-state index contributed by atoms with van der Waals surface area (Å²) in [6.07, 6.45) is 0. The Morgan fingerprint density at radius 2 is 1.86 bits per heavy atom. The summed E-state index contributed by atoms with van der Waals surface area (Å²) >= 11 is 0.629. The average Bonchev–Trinajstić information content (AvgIpc) is 2.99. The SMILES string of the molecule is Cc1cccc(C(=O)N2CCN(S(=O)(=O)c3sc(=O)[nH]c3C)CC2)c1[N+](=O)[O-]. The third-order valence-corrected chi connectivity index (χ3v) is 8.01. The predicted molar refractivity (Wildman–Crippen MR) is 102 cm³/mol. The van der Waals surface area contributed by atoms with Crippen molar-refractivity contribution in [2.75, 3.05) is 26.2 Å². The number of carbonyl (C=O) groups is 1. The molecule has 0 saturated carbocycles. The highest BCUT2D eigenvalue weighted by Gasteiger charge is 2.34. The van der Waals surface area contributed by atoms with E-state index < -0.39 is 25.7 Å². The highest BCUT2D eigenvalue weighted by atomic mass is 32.2. The average molecular weight is 426 g/mol. The summed E-state index contributed by atoms with van der Waals surface area (Å²) in [6, 6.07) is 4.54. The van der Waals surface area contributed by atoms with E-state index >= 15 is 0 Å². The van der Waals surface area contributed by atoms with Crippen LogP contribution in [0.5, 0.6) is 0 Å². The van der Waals surface area contributed by atoms with Gasteiger partial charge in [-0.05, 0) is 19.9 Å². The zero-order chi connectivity index (χ0) is 20.6. The first kappa shape index (κ1) is 20.2. The van der Waals surface area contributed by atoms with Crippen molar-refractivity contribution in [3.63, 3.8) is 0 Å². The van der Waals surface area contributed by atoms with Gasteiger partial charge in [-0.25, -0.2) is 8.42 Å². The Kier molecular flexibility index (Phi) is 5.37. The Morgan fingerprint density at radius 3 is 2.39 bits per heavy atom. The van der Waals surface area contributed by atoms with Crippen LogP contribution in [-0.4, -0.2) is 59.6 Å². The van der Waals surface area contributed by atoms with Gasteiger partial charge >= 0.3 is 4.87 Å². The van der Waals surface area contributed by atoms with Gasteiger partial charge in [0.2, 0.25) is 0 Å². The molecule has 1 aromatic carbocycles. The van der Waals surface area contributed by atoms with Gasteiger partial charge < -0.3 is 9.88 Å². The Balaban J connectivity index is 1.79. The molecule has 0 atom stereocenters. The number of aromatic amines is 1. The monoisotopic (exact) mass is 426 g/mol. The largest absolute Gasteiger partial charge is 0.336 e. The summed E-state index contributed by atoms with van der Waals surface area (Å²) < 4.78 is 26.7. The number of aryl methyl sites for hydroxylation is 2.